The summed E-state index contributed by atoms with van der Waals surface area (Å²) in [5.74, 6) is 0.288. The molecule has 1 unspecified atom stereocenters. The van der Waals surface area contributed by atoms with Gasteiger partial charge in [-0.05, 0) is 30.5 Å². The van der Waals surface area contributed by atoms with Gasteiger partial charge in [0.05, 0.1) is 0 Å². The van der Waals surface area contributed by atoms with Gasteiger partial charge in [-0.25, -0.2) is 0 Å². The first kappa shape index (κ1) is 12.4. The fourth-order valence-corrected chi connectivity index (χ4v) is 2.16. The normalized spacial score (nSPS) is 19.1. The minimum atomic E-state index is 0.152. The molecule has 0 amide bonds. The van der Waals surface area contributed by atoms with Crippen molar-refractivity contribution >= 4 is 0 Å². The van der Waals surface area contributed by atoms with E-state index in [0.717, 1.165) is 31.6 Å². The number of phenols is 1. The van der Waals surface area contributed by atoms with Gasteiger partial charge < -0.3 is 20.9 Å². The molecule has 1 fully saturated rings. The lowest BCUT2D eigenvalue weighted by Crippen LogP contribution is -2.40. The molecule has 0 saturated carbocycles. The first-order valence-corrected chi connectivity index (χ1v) is 6.12. The van der Waals surface area contributed by atoms with E-state index in [-0.39, 0.29) is 11.8 Å². The zero-order valence-electron chi connectivity index (χ0n) is 9.93. The lowest BCUT2D eigenvalue weighted by Gasteiger charge is -2.28. The SMILES string of the molecule is NCC(NC1CCOCC1)c1ccc(O)cc1. The summed E-state index contributed by atoms with van der Waals surface area (Å²) in [6.07, 6.45) is 2.07. The summed E-state index contributed by atoms with van der Waals surface area (Å²) in [5, 5.41) is 12.8. The van der Waals surface area contributed by atoms with E-state index in [2.05, 4.69) is 5.32 Å². The average molecular weight is 236 g/mol. The van der Waals surface area contributed by atoms with Crippen LogP contribution in [0.15, 0.2) is 24.3 Å². The van der Waals surface area contributed by atoms with Gasteiger partial charge in [-0.15, -0.1) is 0 Å². The van der Waals surface area contributed by atoms with Gasteiger partial charge in [0, 0.05) is 31.8 Å². The molecule has 4 heteroatoms. The van der Waals surface area contributed by atoms with Gasteiger partial charge in [0.25, 0.3) is 0 Å². The van der Waals surface area contributed by atoms with E-state index in [9.17, 15) is 5.11 Å². The van der Waals surface area contributed by atoms with E-state index in [1.54, 1.807) is 12.1 Å². The third-order valence-electron chi connectivity index (χ3n) is 3.19. The van der Waals surface area contributed by atoms with E-state index < -0.39 is 0 Å². The van der Waals surface area contributed by atoms with Crippen molar-refractivity contribution in [1.82, 2.24) is 5.32 Å². The maximum absolute atomic E-state index is 9.26. The molecule has 4 nitrogen and oxygen atoms in total. The van der Waals surface area contributed by atoms with Gasteiger partial charge in [0.2, 0.25) is 0 Å². The number of hydrogen-bond donors (Lipinski definition) is 3. The molecular formula is C13H20N2O2. The Morgan fingerprint density at radius 3 is 2.53 bits per heavy atom. The van der Waals surface area contributed by atoms with Crippen molar-refractivity contribution in [2.24, 2.45) is 5.73 Å². The maximum Gasteiger partial charge on any atom is 0.115 e. The molecule has 0 aliphatic carbocycles. The Kier molecular flexibility index (Phi) is 4.36. The molecule has 1 aliphatic heterocycles. The van der Waals surface area contributed by atoms with Crippen molar-refractivity contribution in [3.8, 4) is 5.75 Å². The van der Waals surface area contributed by atoms with Crippen molar-refractivity contribution < 1.29 is 9.84 Å². The smallest absolute Gasteiger partial charge is 0.115 e. The highest BCUT2D eigenvalue weighted by Gasteiger charge is 2.18. The highest BCUT2D eigenvalue weighted by Crippen LogP contribution is 2.18. The molecule has 2 rings (SSSR count). The molecule has 0 radical (unpaired) electrons. The van der Waals surface area contributed by atoms with Crippen LogP contribution in [0.25, 0.3) is 0 Å². The van der Waals surface area contributed by atoms with Crippen molar-refractivity contribution in [2.75, 3.05) is 19.8 Å². The fourth-order valence-electron chi connectivity index (χ4n) is 2.16. The number of phenolic OH excluding ortho intramolecular Hbond substituents is 1. The van der Waals surface area contributed by atoms with Crippen molar-refractivity contribution in [3.05, 3.63) is 29.8 Å². The molecule has 1 atom stereocenters. The third-order valence-corrected chi connectivity index (χ3v) is 3.19. The lowest BCUT2D eigenvalue weighted by molar-refractivity contribution is 0.0751. The fraction of sp³-hybridized carbons (Fsp3) is 0.538. The van der Waals surface area contributed by atoms with Crippen LogP contribution in [0.3, 0.4) is 0 Å². The summed E-state index contributed by atoms with van der Waals surface area (Å²) >= 11 is 0. The number of rotatable bonds is 4. The predicted octanol–water partition coefficient (Wildman–Crippen LogP) is 1.16. The first-order valence-electron chi connectivity index (χ1n) is 6.12. The van der Waals surface area contributed by atoms with Gasteiger partial charge in [-0.3, -0.25) is 0 Å². The predicted molar refractivity (Wildman–Crippen MR) is 66.9 cm³/mol. The quantitative estimate of drug-likeness (QED) is 0.734. The van der Waals surface area contributed by atoms with Gasteiger partial charge in [0.15, 0.2) is 0 Å². The number of aromatic hydroxyl groups is 1. The highest BCUT2D eigenvalue weighted by atomic mass is 16.5. The van der Waals surface area contributed by atoms with Gasteiger partial charge in [-0.2, -0.15) is 0 Å². The number of nitrogens with one attached hydrogen (secondary N) is 1. The Hall–Kier alpha value is -1.10. The Labute approximate surface area is 102 Å². The molecule has 0 bridgehead atoms. The van der Waals surface area contributed by atoms with Crippen LogP contribution in [0.2, 0.25) is 0 Å². The summed E-state index contributed by atoms with van der Waals surface area (Å²) in [5.41, 5.74) is 6.93. The molecule has 1 heterocycles. The minimum absolute atomic E-state index is 0.152. The van der Waals surface area contributed by atoms with Crippen molar-refractivity contribution in [3.63, 3.8) is 0 Å². The van der Waals surface area contributed by atoms with Crippen molar-refractivity contribution in [1.29, 1.82) is 0 Å². The average Bonchev–Trinajstić information content (AvgIpc) is 2.38. The zero-order valence-corrected chi connectivity index (χ0v) is 9.93. The second-order valence-corrected chi connectivity index (χ2v) is 4.43. The molecule has 94 valence electrons. The first-order chi connectivity index (χ1) is 8.29. The van der Waals surface area contributed by atoms with Gasteiger partial charge in [-0.1, -0.05) is 12.1 Å². The standard InChI is InChI=1S/C13H20N2O2/c14-9-13(10-1-3-12(16)4-2-10)15-11-5-7-17-8-6-11/h1-4,11,13,15-16H,5-9,14H2. The Balaban J connectivity index is 1.97. The van der Waals surface area contributed by atoms with E-state index in [4.69, 9.17) is 10.5 Å². The number of ether oxygens (including phenoxy) is 1. The molecule has 0 spiro atoms. The highest BCUT2D eigenvalue weighted by molar-refractivity contribution is 5.28. The minimum Gasteiger partial charge on any atom is -0.508 e. The van der Waals surface area contributed by atoms with E-state index in [1.165, 1.54) is 0 Å². The van der Waals surface area contributed by atoms with Gasteiger partial charge >= 0.3 is 0 Å². The summed E-state index contributed by atoms with van der Waals surface area (Å²) in [6, 6.07) is 7.86. The second kappa shape index (κ2) is 6.00. The van der Waals surface area contributed by atoms with E-state index in [1.807, 2.05) is 12.1 Å². The van der Waals surface area contributed by atoms with Crippen LogP contribution in [0, 0.1) is 0 Å². The topological polar surface area (TPSA) is 67.5 Å². The summed E-state index contributed by atoms with van der Waals surface area (Å²) in [7, 11) is 0. The number of benzene rings is 1. The molecule has 1 aromatic carbocycles. The monoisotopic (exact) mass is 236 g/mol. The molecule has 1 aliphatic rings. The molecule has 4 N–H and O–H groups in total. The van der Waals surface area contributed by atoms with Crippen LogP contribution in [-0.2, 0) is 4.74 Å². The molecule has 1 aromatic rings. The molecule has 1 saturated heterocycles. The number of nitrogens with two attached hydrogens (primary N) is 1. The summed E-state index contributed by atoms with van der Waals surface area (Å²) < 4.78 is 5.33. The summed E-state index contributed by atoms with van der Waals surface area (Å²) in [4.78, 5) is 0. The van der Waals surface area contributed by atoms with E-state index >= 15 is 0 Å². The van der Waals surface area contributed by atoms with Crippen LogP contribution >= 0.6 is 0 Å². The van der Waals surface area contributed by atoms with Crippen molar-refractivity contribution in [2.45, 2.75) is 24.9 Å². The van der Waals surface area contributed by atoms with Crippen LogP contribution < -0.4 is 11.1 Å². The molecule has 0 aromatic heterocycles. The largest absolute Gasteiger partial charge is 0.508 e. The molecular weight excluding hydrogens is 216 g/mol. The Morgan fingerprint density at radius 1 is 1.29 bits per heavy atom. The van der Waals surface area contributed by atoms with Gasteiger partial charge in [0.1, 0.15) is 5.75 Å². The van der Waals surface area contributed by atoms with Crippen LogP contribution in [-0.4, -0.2) is 30.9 Å². The Bertz CT molecular complexity index is 334. The molecule has 17 heavy (non-hydrogen) atoms. The second-order valence-electron chi connectivity index (χ2n) is 4.43. The van der Waals surface area contributed by atoms with Crippen LogP contribution in [0.5, 0.6) is 5.75 Å². The lowest BCUT2D eigenvalue weighted by atomic mass is 10.0. The Morgan fingerprint density at radius 2 is 1.94 bits per heavy atom. The summed E-state index contributed by atoms with van der Waals surface area (Å²) in [6.45, 7) is 2.21. The van der Waals surface area contributed by atoms with E-state index in [0.29, 0.717) is 12.6 Å². The maximum atomic E-state index is 9.26. The van der Waals surface area contributed by atoms with Crippen LogP contribution in [0.1, 0.15) is 24.4 Å². The van der Waals surface area contributed by atoms with Crippen LogP contribution in [0.4, 0.5) is 0 Å². The zero-order chi connectivity index (χ0) is 12.1. The third kappa shape index (κ3) is 3.43. The number of hydrogen-bond acceptors (Lipinski definition) is 4.